The molecule has 0 aliphatic rings. The molecule has 3 heteroatoms. The zero-order valence-corrected chi connectivity index (χ0v) is 10.8. The predicted octanol–water partition coefficient (Wildman–Crippen LogP) is 2.07. The van der Waals surface area contributed by atoms with E-state index in [1.54, 1.807) is 0 Å². The van der Waals surface area contributed by atoms with Gasteiger partial charge < -0.3 is 10.2 Å². The molecule has 1 rings (SSSR count). The SMILES string of the molecule is CCC(CNC(C)c1ccccn1)N(C)C. The van der Waals surface area contributed by atoms with Crippen molar-refractivity contribution in [2.24, 2.45) is 0 Å². The Balaban J connectivity index is 2.43. The highest BCUT2D eigenvalue weighted by atomic mass is 15.1. The first-order valence-corrected chi connectivity index (χ1v) is 5.95. The quantitative estimate of drug-likeness (QED) is 0.797. The van der Waals surface area contributed by atoms with Gasteiger partial charge in [0.25, 0.3) is 0 Å². The van der Waals surface area contributed by atoms with Crippen molar-refractivity contribution < 1.29 is 0 Å². The number of pyridine rings is 1. The molecule has 3 nitrogen and oxygen atoms in total. The number of rotatable bonds is 6. The molecular formula is C13H23N3. The molecule has 16 heavy (non-hydrogen) atoms. The van der Waals surface area contributed by atoms with Crippen molar-refractivity contribution in [3.05, 3.63) is 30.1 Å². The lowest BCUT2D eigenvalue weighted by molar-refractivity contribution is 0.269. The van der Waals surface area contributed by atoms with Crippen LogP contribution in [0.2, 0.25) is 0 Å². The van der Waals surface area contributed by atoms with Gasteiger partial charge in [0.2, 0.25) is 0 Å². The lowest BCUT2D eigenvalue weighted by Crippen LogP contribution is -2.38. The van der Waals surface area contributed by atoms with Crippen LogP contribution < -0.4 is 5.32 Å². The Bertz CT molecular complexity index is 284. The molecule has 0 fully saturated rings. The Morgan fingerprint density at radius 1 is 1.38 bits per heavy atom. The van der Waals surface area contributed by atoms with Gasteiger partial charge in [-0.1, -0.05) is 13.0 Å². The number of aromatic nitrogens is 1. The molecule has 2 atom stereocenters. The van der Waals surface area contributed by atoms with E-state index in [1.165, 1.54) is 0 Å². The average molecular weight is 221 g/mol. The zero-order chi connectivity index (χ0) is 12.0. The number of nitrogens with zero attached hydrogens (tertiary/aromatic N) is 2. The first kappa shape index (κ1) is 13.1. The molecule has 1 heterocycles. The van der Waals surface area contributed by atoms with Crippen LogP contribution in [-0.4, -0.2) is 36.6 Å². The van der Waals surface area contributed by atoms with E-state index in [-0.39, 0.29) is 0 Å². The van der Waals surface area contributed by atoms with E-state index < -0.39 is 0 Å². The summed E-state index contributed by atoms with van der Waals surface area (Å²) < 4.78 is 0. The first-order valence-electron chi connectivity index (χ1n) is 5.95. The molecule has 0 amide bonds. The third-order valence-corrected chi connectivity index (χ3v) is 2.99. The molecule has 0 aliphatic carbocycles. The largest absolute Gasteiger partial charge is 0.307 e. The van der Waals surface area contributed by atoms with Crippen LogP contribution in [0.3, 0.4) is 0 Å². The summed E-state index contributed by atoms with van der Waals surface area (Å²) in [5.41, 5.74) is 1.11. The van der Waals surface area contributed by atoms with Crippen molar-refractivity contribution in [2.45, 2.75) is 32.4 Å². The Morgan fingerprint density at radius 3 is 2.62 bits per heavy atom. The van der Waals surface area contributed by atoms with E-state index in [1.807, 2.05) is 18.3 Å². The lowest BCUT2D eigenvalue weighted by atomic mass is 10.1. The highest BCUT2D eigenvalue weighted by molar-refractivity contribution is 5.07. The van der Waals surface area contributed by atoms with Gasteiger partial charge in [0.15, 0.2) is 0 Å². The van der Waals surface area contributed by atoms with E-state index in [0.29, 0.717) is 12.1 Å². The molecule has 2 unspecified atom stereocenters. The fraction of sp³-hybridized carbons (Fsp3) is 0.615. The summed E-state index contributed by atoms with van der Waals surface area (Å²) in [5, 5.41) is 3.53. The first-order chi connectivity index (χ1) is 7.65. The molecule has 1 aromatic heterocycles. The molecule has 0 bridgehead atoms. The van der Waals surface area contributed by atoms with Crippen molar-refractivity contribution in [3.63, 3.8) is 0 Å². The third-order valence-electron chi connectivity index (χ3n) is 2.99. The summed E-state index contributed by atoms with van der Waals surface area (Å²) in [6.45, 7) is 5.38. The van der Waals surface area contributed by atoms with Crippen LogP contribution in [-0.2, 0) is 0 Å². The van der Waals surface area contributed by atoms with Crippen LogP contribution in [0.1, 0.15) is 32.0 Å². The second-order valence-electron chi connectivity index (χ2n) is 4.41. The van der Waals surface area contributed by atoms with Gasteiger partial charge in [-0.25, -0.2) is 0 Å². The van der Waals surface area contributed by atoms with E-state index in [4.69, 9.17) is 0 Å². The van der Waals surface area contributed by atoms with E-state index >= 15 is 0 Å². The maximum Gasteiger partial charge on any atom is 0.0570 e. The molecular weight excluding hydrogens is 198 g/mol. The highest BCUT2D eigenvalue weighted by Gasteiger charge is 2.11. The van der Waals surface area contributed by atoms with Crippen molar-refractivity contribution in [1.29, 1.82) is 0 Å². The smallest absolute Gasteiger partial charge is 0.0570 e. The average Bonchev–Trinajstić information content (AvgIpc) is 2.30. The number of hydrogen-bond acceptors (Lipinski definition) is 3. The van der Waals surface area contributed by atoms with Gasteiger partial charge in [-0.15, -0.1) is 0 Å². The molecule has 1 N–H and O–H groups in total. The molecule has 90 valence electrons. The second kappa shape index (κ2) is 6.61. The highest BCUT2D eigenvalue weighted by Crippen LogP contribution is 2.08. The maximum absolute atomic E-state index is 4.35. The van der Waals surface area contributed by atoms with E-state index in [0.717, 1.165) is 18.7 Å². The predicted molar refractivity (Wildman–Crippen MR) is 68.4 cm³/mol. The van der Waals surface area contributed by atoms with Crippen molar-refractivity contribution >= 4 is 0 Å². The Hall–Kier alpha value is -0.930. The van der Waals surface area contributed by atoms with Gasteiger partial charge in [0.1, 0.15) is 0 Å². The molecule has 0 aliphatic heterocycles. The van der Waals surface area contributed by atoms with Crippen LogP contribution in [0.5, 0.6) is 0 Å². The normalized spacial score (nSPS) is 15.1. The molecule has 1 aromatic rings. The van der Waals surface area contributed by atoms with Gasteiger partial charge in [-0.2, -0.15) is 0 Å². The summed E-state index contributed by atoms with van der Waals surface area (Å²) in [5.74, 6) is 0. The summed E-state index contributed by atoms with van der Waals surface area (Å²) in [6, 6.07) is 6.95. The topological polar surface area (TPSA) is 28.2 Å². The number of likely N-dealkylation sites (N-methyl/N-ethyl adjacent to an activating group) is 1. The third kappa shape index (κ3) is 3.91. The second-order valence-corrected chi connectivity index (χ2v) is 4.41. The summed E-state index contributed by atoms with van der Waals surface area (Å²) in [7, 11) is 4.25. The Morgan fingerprint density at radius 2 is 2.12 bits per heavy atom. The fourth-order valence-electron chi connectivity index (χ4n) is 1.74. The van der Waals surface area contributed by atoms with E-state index in [2.05, 4.69) is 49.2 Å². The number of hydrogen-bond donors (Lipinski definition) is 1. The van der Waals surface area contributed by atoms with Gasteiger partial charge in [-0.3, -0.25) is 4.98 Å². The van der Waals surface area contributed by atoms with Crippen LogP contribution in [0.15, 0.2) is 24.4 Å². The van der Waals surface area contributed by atoms with Crippen molar-refractivity contribution in [3.8, 4) is 0 Å². The minimum Gasteiger partial charge on any atom is -0.307 e. The summed E-state index contributed by atoms with van der Waals surface area (Å²) in [6.07, 6.45) is 3.01. The summed E-state index contributed by atoms with van der Waals surface area (Å²) >= 11 is 0. The van der Waals surface area contributed by atoms with Crippen LogP contribution in [0.4, 0.5) is 0 Å². The van der Waals surface area contributed by atoms with Gasteiger partial charge in [0.05, 0.1) is 5.69 Å². The Kier molecular flexibility index (Phi) is 5.43. The fourth-order valence-corrected chi connectivity index (χ4v) is 1.74. The molecule has 0 saturated heterocycles. The van der Waals surface area contributed by atoms with Crippen LogP contribution in [0.25, 0.3) is 0 Å². The monoisotopic (exact) mass is 221 g/mol. The standard InChI is InChI=1S/C13H23N3/c1-5-12(16(3)4)10-15-11(2)13-8-6-7-9-14-13/h6-9,11-12,15H,5,10H2,1-4H3. The van der Waals surface area contributed by atoms with Crippen LogP contribution in [0, 0.1) is 0 Å². The van der Waals surface area contributed by atoms with Crippen molar-refractivity contribution in [2.75, 3.05) is 20.6 Å². The molecule has 0 aromatic carbocycles. The van der Waals surface area contributed by atoms with E-state index in [9.17, 15) is 0 Å². The van der Waals surface area contributed by atoms with Gasteiger partial charge in [-0.05, 0) is 39.6 Å². The molecule has 0 saturated carbocycles. The van der Waals surface area contributed by atoms with Gasteiger partial charge >= 0.3 is 0 Å². The number of nitrogens with one attached hydrogen (secondary N) is 1. The molecule has 0 spiro atoms. The van der Waals surface area contributed by atoms with Crippen molar-refractivity contribution in [1.82, 2.24) is 15.2 Å². The maximum atomic E-state index is 4.35. The van der Waals surface area contributed by atoms with Crippen LogP contribution >= 0.6 is 0 Å². The minimum absolute atomic E-state index is 0.315. The Labute approximate surface area is 98.9 Å². The minimum atomic E-state index is 0.315. The lowest BCUT2D eigenvalue weighted by Gasteiger charge is -2.25. The van der Waals surface area contributed by atoms with Gasteiger partial charge in [0, 0.05) is 24.8 Å². The zero-order valence-electron chi connectivity index (χ0n) is 10.8. The molecule has 0 radical (unpaired) electrons. The summed E-state index contributed by atoms with van der Waals surface area (Å²) in [4.78, 5) is 6.61.